The molecule has 1 aromatic heterocycles. The Labute approximate surface area is 118 Å². The first-order valence-electron chi connectivity index (χ1n) is 6.51. The summed E-state index contributed by atoms with van der Waals surface area (Å²) in [5.74, 6) is 0.208. The van der Waals surface area contributed by atoms with Crippen LogP contribution in [0.2, 0.25) is 0 Å². The summed E-state index contributed by atoms with van der Waals surface area (Å²) in [6, 6.07) is 14.5. The molecular weight excluding hydrogens is 254 g/mol. The van der Waals surface area contributed by atoms with Crippen molar-refractivity contribution in [1.82, 2.24) is 4.90 Å². The van der Waals surface area contributed by atoms with Gasteiger partial charge in [0.05, 0.1) is 11.4 Å². The number of hydrogen-bond donors (Lipinski definition) is 0. The number of thiophene rings is 1. The number of carbonyl (C=O) groups excluding carboxylic acids is 1. The fraction of sp³-hybridized carbons (Fsp3) is 0.312. The molecule has 19 heavy (non-hydrogen) atoms. The van der Waals surface area contributed by atoms with Crippen molar-refractivity contribution in [3.8, 4) is 0 Å². The molecule has 0 saturated carbocycles. The molecule has 0 radical (unpaired) electrons. The van der Waals surface area contributed by atoms with Crippen LogP contribution in [-0.4, -0.2) is 23.3 Å². The van der Waals surface area contributed by atoms with Crippen molar-refractivity contribution in [3.05, 3.63) is 58.3 Å². The van der Waals surface area contributed by atoms with Gasteiger partial charge >= 0.3 is 0 Å². The summed E-state index contributed by atoms with van der Waals surface area (Å²) >= 11 is 1.51. The maximum absolute atomic E-state index is 12.2. The Kier molecular flexibility index (Phi) is 4.88. The molecule has 100 valence electrons. The second-order valence-corrected chi connectivity index (χ2v) is 5.83. The van der Waals surface area contributed by atoms with Crippen LogP contribution < -0.4 is 0 Å². The zero-order chi connectivity index (χ0) is 13.7. The quantitative estimate of drug-likeness (QED) is 0.745. The minimum Gasteiger partial charge on any atom is -0.292 e. The number of benzene rings is 1. The molecule has 0 bridgehead atoms. The number of ketones is 1. The zero-order valence-electron chi connectivity index (χ0n) is 11.4. The van der Waals surface area contributed by atoms with Crippen molar-refractivity contribution in [2.24, 2.45) is 0 Å². The van der Waals surface area contributed by atoms with Crippen LogP contribution in [0.4, 0.5) is 0 Å². The highest BCUT2D eigenvalue weighted by Gasteiger charge is 2.16. The van der Waals surface area contributed by atoms with E-state index in [0.29, 0.717) is 12.6 Å². The Morgan fingerprint density at radius 1 is 1.16 bits per heavy atom. The lowest BCUT2D eigenvalue weighted by atomic mass is 10.1. The maximum Gasteiger partial charge on any atom is 0.186 e. The van der Waals surface area contributed by atoms with E-state index in [9.17, 15) is 4.79 Å². The van der Waals surface area contributed by atoms with Crippen molar-refractivity contribution < 1.29 is 4.79 Å². The van der Waals surface area contributed by atoms with Gasteiger partial charge in [0.2, 0.25) is 0 Å². The molecule has 0 unspecified atom stereocenters. The third-order valence-corrected chi connectivity index (χ3v) is 4.01. The smallest absolute Gasteiger partial charge is 0.186 e. The van der Waals surface area contributed by atoms with Crippen LogP contribution in [0, 0.1) is 0 Å². The van der Waals surface area contributed by atoms with E-state index in [1.807, 2.05) is 35.7 Å². The van der Waals surface area contributed by atoms with Gasteiger partial charge in [-0.1, -0.05) is 36.4 Å². The molecule has 0 aliphatic heterocycles. The SMILES string of the molecule is CC(C)N(CC(=O)c1cccs1)Cc1ccccc1. The lowest BCUT2D eigenvalue weighted by Gasteiger charge is -2.25. The highest BCUT2D eigenvalue weighted by molar-refractivity contribution is 7.12. The second kappa shape index (κ2) is 6.64. The van der Waals surface area contributed by atoms with Gasteiger partial charge in [0, 0.05) is 12.6 Å². The van der Waals surface area contributed by atoms with Gasteiger partial charge in [0.1, 0.15) is 0 Å². The predicted octanol–water partition coefficient (Wildman–Crippen LogP) is 3.84. The van der Waals surface area contributed by atoms with E-state index >= 15 is 0 Å². The summed E-state index contributed by atoms with van der Waals surface area (Å²) in [6.07, 6.45) is 0. The first-order chi connectivity index (χ1) is 9.16. The van der Waals surface area contributed by atoms with E-state index in [-0.39, 0.29) is 5.78 Å². The van der Waals surface area contributed by atoms with Gasteiger partial charge in [0.25, 0.3) is 0 Å². The molecule has 0 spiro atoms. The minimum absolute atomic E-state index is 0.208. The largest absolute Gasteiger partial charge is 0.292 e. The van der Waals surface area contributed by atoms with E-state index in [1.165, 1.54) is 16.9 Å². The molecule has 0 atom stereocenters. The molecule has 1 aromatic carbocycles. The van der Waals surface area contributed by atoms with Gasteiger partial charge in [-0.3, -0.25) is 9.69 Å². The zero-order valence-corrected chi connectivity index (χ0v) is 12.2. The van der Waals surface area contributed by atoms with Crippen molar-refractivity contribution in [3.63, 3.8) is 0 Å². The summed E-state index contributed by atoms with van der Waals surface area (Å²) in [5, 5.41) is 1.95. The number of nitrogens with zero attached hydrogens (tertiary/aromatic N) is 1. The molecule has 2 aromatic rings. The van der Waals surface area contributed by atoms with Crippen LogP contribution in [0.3, 0.4) is 0 Å². The molecule has 3 heteroatoms. The average Bonchev–Trinajstić information content (AvgIpc) is 2.93. The van der Waals surface area contributed by atoms with Crippen LogP contribution in [0.5, 0.6) is 0 Å². The molecule has 0 N–H and O–H groups in total. The van der Waals surface area contributed by atoms with Gasteiger partial charge in [-0.05, 0) is 30.9 Å². The van der Waals surface area contributed by atoms with Crippen molar-refractivity contribution in [2.75, 3.05) is 6.54 Å². The Bertz CT molecular complexity index is 505. The maximum atomic E-state index is 12.2. The first-order valence-corrected chi connectivity index (χ1v) is 7.39. The topological polar surface area (TPSA) is 20.3 Å². The molecule has 0 amide bonds. The Morgan fingerprint density at radius 2 is 1.89 bits per heavy atom. The summed E-state index contributed by atoms with van der Waals surface area (Å²) in [7, 11) is 0. The molecule has 2 rings (SSSR count). The van der Waals surface area contributed by atoms with E-state index in [0.717, 1.165) is 11.4 Å². The van der Waals surface area contributed by atoms with E-state index < -0.39 is 0 Å². The first kappa shape index (κ1) is 14.0. The van der Waals surface area contributed by atoms with E-state index in [1.54, 1.807) is 0 Å². The predicted molar refractivity (Wildman–Crippen MR) is 80.6 cm³/mol. The third kappa shape index (κ3) is 4.01. The van der Waals surface area contributed by atoms with Crippen LogP contribution in [-0.2, 0) is 6.54 Å². The lowest BCUT2D eigenvalue weighted by molar-refractivity contribution is 0.0902. The molecule has 2 nitrogen and oxygen atoms in total. The van der Waals surface area contributed by atoms with Crippen LogP contribution in [0.1, 0.15) is 29.1 Å². The summed E-state index contributed by atoms with van der Waals surface area (Å²) in [4.78, 5) is 15.2. The van der Waals surface area contributed by atoms with Crippen molar-refractivity contribution in [2.45, 2.75) is 26.4 Å². The summed E-state index contributed by atoms with van der Waals surface area (Å²) in [5.41, 5.74) is 1.25. The van der Waals surface area contributed by atoms with Crippen LogP contribution >= 0.6 is 11.3 Å². The molecule has 0 aliphatic carbocycles. The fourth-order valence-electron chi connectivity index (χ4n) is 1.94. The molecular formula is C16H19NOS. The van der Waals surface area contributed by atoms with E-state index in [2.05, 4.69) is 30.9 Å². The minimum atomic E-state index is 0.208. The van der Waals surface area contributed by atoms with Gasteiger partial charge in [-0.25, -0.2) is 0 Å². The summed E-state index contributed by atoms with van der Waals surface area (Å²) < 4.78 is 0. The molecule has 0 saturated heterocycles. The summed E-state index contributed by atoms with van der Waals surface area (Å²) in [6.45, 7) is 5.55. The highest BCUT2D eigenvalue weighted by Crippen LogP contribution is 2.13. The number of carbonyl (C=O) groups is 1. The fourth-order valence-corrected chi connectivity index (χ4v) is 2.60. The van der Waals surface area contributed by atoms with E-state index in [4.69, 9.17) is 0 Å². The number of rotatable bonds is 6. The van der Waals surface area contributed by atoms with Crippen molar-refractivity contribution >= 4 is 17.1 Å². The van der Waals surface area contributed by atoms with Crippen LogP contribution in [0.25, 0.3) is 0 Å². The van der Waals surface area contributed by atoms with Gasteiger partial charge in [-0.15, -0.1) is 11.3 Å². The normalized spacial score (nSPS) is 11.2. The molecule has 0 aliphatic rings. The van der Waals surface area contributed by atoms with Gasteiger partial charge in [-0.2, -0.15) is 0 Å². The number of Topliss-reactive ketones (excluding diaryl/α,β-unsaturated/α-hetero) is 1. The Morgan fingerprint density at radius 3 is 2.47 bits per heavy atom. The molecule has 1 heterocycles. The highest BCUT2D eigenvalue weighted by atomic mass is 32.1. The Balaban J connectivity index is 2.03. The third-order valence-electron chi connectivity index (χ3n) is 3.10. The lowest BCUT2D eigenvalue weighted by Crippen LogP contribution is -2.35. The number of hydrogen-bond acceptors (Lipinski definition) is 3. The Hall–Kier alpha value is -1.45. The van der Waals surface area contributed by atoms with Crippen molar-refractivity contribution in [1.29, 1.82) is 0 Å². The van der Waals surface area contributed by atoms with Gasteiger partial charge < -0.3 is 0 Å². The second-order valence-electron chi connectivity index (χ2n) is 4.88. The van der Waals surface area contributed by atoms with Crippen LogP contribution in [0.15, 0.2) is 47.8 Å². The van der Waals surface area contributed by atoms with Gasteiger partial charge in [0.15, 0.2) is 5.78 Å². The molecule has 0 fully saturated rings. The standard InChI is InChI=1S/C16H19NOS/c1-13(2)17(11-14-7-4-3-5-8-14)12-15(18)16-9-6-10-19-16/h3-10,13H,11-12H2,1-2H3. The monoisotopic (exact) mass is 273 g/mol. The average molecular weight is 273 g/mol.